The first kappa shape index (κ1) is 118. The number of nitrogens with two attached hydrogens (primary N) is 2. The number of allylic oxidation sites excluding steroid dienone is 24. The fraction of sp³-hybridized carbons (Fsp3) is 0.680. The summed E-state index contributed by atoms with van der Waals surface area (Å²) in [5.74, 6) is -12.5. The molecule has 6 aliphatic rings. The van der Waals surface area contributed by atoms with E-state index in [0.717, 1.165) is 0 Å². The molecule has 0 aromatic heterocycles. The van der Waals surface area contributed by atoms with Crippen molar-refractivity contribution in [1.29, 1.82) is 0 Å². The monoisotopic (exact) mass is 1930 g/mol. The predicted octanol–water partition coefficient (Wildman–Crippen LogP) is 2.06. The number of cyclic esters (lactones) is 2. The van der Waals surface area contributed by atoms with Gasteiger partial charge in [0.1, 0.15) is 24.4 Å². The molecule has 4 saturated heterocycles. The molecular formula is C100H158N4O32. The molecule has 4 bridgehead atoms. The maximum Gasteiger partial charge on any atom is 0.308 e. The molecular weight excluding hydrogens is 1770 g/mol. The minimum Gasteiger partial charge on any atom is -0.462 e. The molecule has 4 fully saturated rings. The van der Waals surface area contributed by atoms with E-state index in [1.54, 1.807) is 186 Å². The number of hydrogen-bond acceptors (Lipinski definition) is 34. The Kier molecular flexibility index (Phi) is 52.3. The van der Waals surface area contributed by atoms with E-state index in [0.29, 0.717) is 25.7 Å². The van der Waals surface area contributed by atoms with Crippen LogP contribution >= 0.6 is 0 Å². The van der Waals surface area contributed by atoms with Gasteiger partial charge in [0.05, 0.1) is 171 Å². The molecule has 0 spiro atoms. The van der Waals surface area contributed by atoms with E-state index in [2.05, 4.69) is 10.6 Å². The lowest BCUT2D eigenvalue weighted by atomic mass is 9.82. The van der Waals surface area contributed by atoms with Gasteiger partial charge >= 0.3 is 11.9 Å². The van der Waals surface area contributed by atoms with Gasteiger partial charge in [-0.1, -0.05) is 211 Å². The van der Waals surface area contributed by atoms with Gasteiger partial charge < -0.3 is 162 Å². The van der Waals surface area contributed by atoms with Crippen molar-refractivity contribution in [2.45, 2.75) is 379 Å². The number of fused-ring (bicyclic) bond motifs is 4. The van der Waals surface area contributed by atoms with Gasteiger partial charge in [-0.25, -0.2) is 0 Å². The summed E-state index contributed by atoms with van der Waals surface area (Å²) >= 11 is 0. The van der Waals surface area contributed by atoms with E-state index in [4.69, 9.17) is 49.4 Å². The summed E-state index contributed by atoms with van der Waals surface area (Å²) in [7, 11) is 0. The van der Waals surface area contributed by atoms with Crippen LogP contribution in [0.25, 0.3) is 0 Å². The molecule has 0 saturated carbocycles. The van der Waals surface area contributed by atoms with Crippen molar-refractivity contribution in [3.8, 4) is 0 Å². The second-order valence-electron chi connectivity index (χ2n) is 37.5. The van der Waals surface area contributed by atoms with E-state index in [1.807, 2.05) is 13.8 Å². The Bertz CT molecular complexity index is 3720. The maximum absolute atomic E-state index is 14.7. The number of amides is 2. The summed E-state index contributed by atoms with van der Waals surface area (Å²) in [6.45, 7) is 13.4. The zero-order valence-electron chi connectivity index (χ0n) is 79.5. The summed E-state index contributed by atoms with van der Waals surface area (Å²) in [5.41, 5.74) is 12.5. The highest BCUT2D eigenvalue weighted by atomic mass is 16.7. The van der Waals surface area contributed by atoms with E-state index in [9.17, 15) is 121 Å². The summed E-state index contributed by atoms with van der Waals surface area (Å²) in [6, 6.07) is -2.48. The Morgan fingerprint density at radius 3 is 0.963 bits per heavy atom. The molecule has 0 aromatic rings. The third-order valence-electron chi connectivity index (χ3n) is 25.8. The van der Waals surface area contributed by atoms with Crippen molar-refractivity contribution in [3.05, 3.63) is 170 Å². The first-order valence-corrected chi connectivity index (χ1v) is 47.9. The Labute approximate surface area is 798 Å². The molecule has 6 heterocycles. The Morgan fingerprint density at radius 1 is 0.346 bits per heavy atom. The predicted molar refractivity (Wildman–Crippen MR) is 503 cm³/mol. The molecule has 0 unspecified atom stereocenters. The van der Waals surface area contributed by atoms with Gasteiger partial charge in [-0.3, -0.25) is 19.2 Å². The average molecular weight is 1930 g/mol. The molecule has 36 nitrogen and oxygen atoms in total. The zero-order valence-corrected chi connectivity index (χ0v) is 79.5. The Hall–Kier alpha value is -6.88. The van der Waals surface area contributed by atoms with Gasteiger partial charge in [-0.15, -0.1) is 0 Å². The Balaban J connectivity index is 1.20. The summed E-state index contributed by atoms with van der Waals surface area (Å²) in [6.07, 6.45) is 5.15. The summed E-state index contributed by atoms with van der Waals surface area (Å²) in [5, 5.41) is 232. The van der Waals surface area contributed by atoms with Crippen LogP contribution in [0.3, 0.4) is 0 Å². The number of nitrogens with one attached hydrogen (secondary N) is 2. The zero-order chi connectivity index (χ0) is 101. The van der Waals surface area contributed by atoms with Gasteiger partial charge in [0.25, 0.3) is 0 Å². The number of carbonyl (C=O) groups is 4. The number of ether oxygens (including phenoxy) is 8. The van der Waals surface area contributed by atoms with E-state index in [1.165, 1.54) is 26.0 Å². The summed E-state index contributed by atoms with van der Waals surface area (Å²) in [4.78, 5) is 55.2. The van der Waals surface area contributed by atoms with Gasteiger partial charge in [0, 0.05) is 88.1 Å². The number of esters is 2. The van der Waals surface area contributed by atoms with Crippen LogP contribution in [0.4, 0.5) is 0 Å². The van der Waals surface area contributed by atoms with Crippen molar-refractivity contribution in [2.24, 2.45) is 47.0 Å². The van der Waals surface area contributed by atoms with Gasteiger partial charge in [-0.05, 0) is 79.1 Å². The largest absolute Gasteiger partial charge is 0.462 e. The topological polar surface area (TPSA) is 623 Å². The lowest BCUT2D eigenvalue weighted by Crippen LogP contribution is -2.62. The van der Waals surface area contributed by atoms with Crippen LogP contribution in [0, 0.1) is 35.5 Å². The first-order valence-electron chi connectivity index (χ1n) is 47.9. The van der Waals surface area contributed by atoms with Crippen LogP contribution in [0.1, 0.15) is 184 Å². The fourth-order valence-electron chi connectivity index (χ4n) is 17.2. The maximum atomic E-state index is 14.7. The number of rotatable bonds is 13. The van der Waals surface area contributed by atoms with Crippen molar-refractivity contribution in [3.63, 3.8) is 0 Å². The smallest absolute Gasteiger partial charge is 0.308 e. The highest BCUT2D eigenvalue weighted by molar-refractivity contribution is 5.80. The molecule has 136 heavy (non-hydrogen) atoms. The molecule has 38 atom stereocenters. The fourth-order valence-corrected chi connectivity index (χ4v) is 17.2. The number of unbranched alkanes of at least 4 members (excludes halogenated alkanes) is 3. The van der Waals surface area contributed by atoms with Gasteiger partial charge in [0.15, 0.2) is 24.2 Å². The van der Waals surface area contributed by atoms with E-state index >= 15 is 0 Å². The molecule has 2 amide bonds. The average Bonchev–Trinajstić information content (AvgIpc) is 0.779. The lowest BCUT2D eigenvalue weighted by molar-refractivity contribution is -0.308. The highest BCUT2D eigenvalue weighted by Crippen LogP contribution is 2.41. The standard InChI is InChI=1S/C100H158N4O32/c1-59-37-31-25-21-17-13-9-11-15-19-23-27-33-39-73(133-97-93(123)87(101)91(121)65(7)131-97)53-81-85(79(115)57-99(127,135-81)55-71(109)49-77(113)75(111)43-41-67(105)47-69(107)51-83(117)129-63(5)61(3)89(59)119)95(125)103-45-35-29-30-36-46-104-96(126)86-80(116)58-100(128)56-72(110)50-78(114)76(112)44-42-68(106)48-70(108)52-84(118)130-64(6)62(4)90(120)60(2)38-32-26-22-18-14-10-12-16-20-24-28-34-40-74(54-82(86)136-100)134-98-94(124)88(102)92(122)66(8)132-98/h9-28,31-34,37-40,59-82,85-94,97-98,105-116,119-124,127-128H,29-30,35-36,41-58,101-102H2,1-8H3,(H,103,125)(H,104,126)/b11-9+,12-10+,17-13+,18-14+,19-15+,20-16+,25-21+,26-22+,27-23+,28-24+,37-31+,38-32+,39-33+,40-34+/t59-,60-,61-,62-,63-,64-,65+,66+,67+,68+,69+,70+,71-,72-,73-,74-,75+,76+,77+,78+,79-,80-,81-,82-,85+,86+,87-,88-,89+,90+,91+,92+,93-,94-,97-,98-,99+,100+/m0/s1. The Morgan fingerprint density at radius 2 is 0.647 bits per heavy atom. The number of carbonyl (C=O) groups excluding carboxylic acids is 4. The number of hydrogen-bond donors (Lipinski definition) is 24. The molecule has 36 heteroatoms. The van der Waals surface area contributed by atoms with Crippen LogP contribution < -0.4 is 22.1 Å². The van der Waals surface area contributed by atoms with Crippen LogP contribution in [0.5, 0.6) is 0 Å². The van der Waals surface area contributed by atoms with E-state index in [-0.39, 0.29) is 76.3 Å². The minimum absolute atomic E-state index is 0.0133. The van der Waals surface area contributed by atoms with Crippen LogP contribution in [0.15, 0.2) is 170 Å². The highest BCUT2D eigenvalue weighted by Gasteiger charge is 2.54. The van der Waals surface area contributed by atoms with Crippen molar-refractivity contribution >= 4 is 23.8 Å². The van der Waals surface area contributed by atoms with Crippen LogP contribution in [-0.4, -0.2) is 334 Å². The molecule has 26 N–H and O–H groups in total. The van der Waals surface area contributed by atoms with Crippen molar-refractivity contribution in [1.82, 2.24) is 10.6 Å². The van der Waals surface area contributed by atoms with Crippen LogP contribution in [0.2, 0.25) is 0 Å². The second kappa shape index (κ2) is 60.4. The number of aliphatic hydroxyl groups is 20. The number of aliphatic hydroxyl groups excluding tert-OH is 18. The van der Waals surface area contributed by atoms with Gasteiger partial charge in [-0.2, -0.15) is 0 Å². The molecule has 770 valence electrons. The third-order valence-corrected chi connectivity index (χ3v) is 25.8. The molecule has 6 aliphatic heterocycles. The SMILES string of the molecule is C[C@@H]1[C@H](O)[C@@H](C)/C=C/C=C/C=C/C=C/C=C/C=C/C=C/[C@H](O[C@@H]2O[C@H](C)[C@@H](O)[C@H](N)[C@@H]2O)C[C@@H]2O[C@](O)(C[C@@H](O)C[C@@H](O)[C@H](O)CC[C@@H](O)C[C@@H](O)CC(=O)O[C@H]1C)C[C@H](O)[C@H]2C(=O)NCCCCCCNC(=O)[C@H]1[C@@H]2C[C@@H](O[C@@H]3O[C@H](C)[C@@H](O)[C@H](N)[C@@H]3O)/C=C/C=C/C=C/C=C/C=C/C=C/C=C/[C@H](C)[C@@H](O)[C@@H](C)[C@H](C)OC(=O)C[C@H](O)C[C@H](O)CC[C@@H](O)[C@H](O)C[C@H](O)C[C@](O)(C[C@@H]1O)O2. The van der Waals surface area contributed by atoms with Crippen LogP contribution in [-0.2, 0) is 57.1 Å². The summed E-state index contributed by atoms with van der Waals surface area (Å²) < 4.78 is 48.4. The van der Waals surface area contributed by atoms with Crippen molar-refractivity contribution in [2.75, 3.05) is 13.1 Å². The van der Waals surface area contributed by atoms with Crippen molar-refractivity contribution < 1.29 is 159 Å². The quantitative estimate of drug-likeness (QED) is 0.0927. The molecule has 0 aromatic carbocycles. The van der Waals surface area contributed by atoms with E-state index < -0.39 is 294 Å². The third kappa shape index (κ3) is 41.0. The van der Waals surface area contributed by atoms with Gasteiger partial charge in [0.2, 0.25) is 11.8 Å². The lowest BCUT2D eigenvalue weighted by Gasteiger charge is -2.46. The minimum atomic E-state index is -2.44. The molecule has 6 rings (SSSR count). The molecule has 0 aliphatic carbocycles. The second-order valence-corrected chi connectivity index (χ2v) is 37.5. The normalized spacial score (nSPS) is 44.1. The molecule has 0 radical (unpaired) electrons. The first-order chi connectivity index (χ1) is 64.4.